The average Bonchev–Trinajstić information content (AvgIpc) is 2.60. The summed E-state index contributed by atoms with van der Waals surface area (Å²) in [6.07, 6.45) is 0.966. The average molecular weight is 332 g/mol. The van der Waals surface area contributed by atoms with Crippen LogP contribution in [0, 0.1) is 13.8 Å². The summed E-state index contributed by atoms with van der Waals surface area (Å²) in [5.74, 6) is 1.44. The van der Waals surface area contributed by atoms with Gasteiger partial charge in [-0.1, -0.05) is 55.0 Å². The number of nitrogens with zero attached hydrogens (tertiary/aromatic N) is 2. The van der Waals surface area contributed by atoms with Crippen LogP contribution in [-0.2, 0) is 13.0 Å². The summed E-state index contributed by atoms with van der Waals surface area (Å²) in [7, 11) is 0. The normalized spacial score (nSPS) is 10.5. The SMILES string of the molecule is CCc1ccccc1Nc1nc(C)cc(NCc2cccc(C)c2)n1. The van der Waals surface area contributed by atoms with Crippen LogP contribution in [0.4, 0.5) is 17.5 Å². The minimum atomic E-state index is 0.618. The van der Waals surface area contributed by atoms with E-state index in [0.29, 0.717) is 5.95 Å². The van der Waals surface area contributed by atoms with Crippen molar-refractivity contribution in [2.75, 3.05) is 10.6 Å². The highest BCUT2D eigenvalue weighted by Crippen LogP contribution is 2.20. The van der Waals surface area contributed by atoms with Crippen LogP contribution in [0.15, 0.2) is 54.6 Å². The van der Waals surface area contributed by atoms with Crippen molar-refractivity contribution in [3.05, 3.63) is 77.0 Å². The molecule has 4 nitrogen and oxygen atoms in total. The van der Waals surface area contributed by atoms with Crippen molar-refractivity contribution in [3.63, 3.8) is 0 Å². The van der Waals surface area contributed by atoms with Gasteiger partial charge in [-0.3, -0.25) is 0 Å². The van der Waals surface area contributed by atoms with Gasteiger partial charge in [0.15, 0.2) is 0 Å². The zero-order valence-electron chi connectivity index (χ0n) is 15.0. The molecule has 128 valence electrons. The number of para-hydroxylation sites is 1. The van der Waals surface area contributed by atoms with Crippen LogP contribution in [0.25, 0.3) is 0 Å². The van der Waals surface area contributed by atoms with Gasteiger partial charge >= 0.3 is 0 Å². The quantitative estimate of drug-likeness (QED) is 0.666. The van der Waals surface area contributed by atoms with E-state index in [1.54, 1.807) is 0 Å². The first-order valence-electron chi connectivity index (χ1n) is 8.64. The van der Waals surface area contributed by atoms with E-state index in [-0.39, 0.29) is 0 Å². The Hall–Kier alpha value is -2.88. The summed E-state index contributed by atoms with van der Waals surface area (Å²) < 4.78 is 0. The fraction of sp³-hybridized carbons (Fsp3) is 0.238. The molecule has 0 bridgehead atoms. The van der Waals surface area contributed by atoms with Gasteiger partial charge in [-0.05, 0) is 37.5 Å². The molecule has 4 heteroatoms. The molecular formula is C21H24N4. The first-order valence-corrected chi connectivity index (χ1v) is 8.64. The number of hydrogen-bond donors (Lipinski definition) is 2. The molecule has 0 atom stereocenters. The van der Waals surface area contributed by atoms with Gasteiger partial charge < -0.3 is 10.6 Å². The molecule has 0 spiro atoms. The van der Waals surface area contributed by atoms with E-state index >= 15 is 0 Å². The second kappa shape index (κ2) is 7.79. The highest BCUT2D eigenvalue weighted by Gasteiger charge is 2.05. The molecule has 0 fully saturated rings. The van der Waals surface area contributed by atoms with Gasteiger partial charge in [-0.2, -0.15) is 4.98 Å². The second-order valence-electron chi connectivity index (χ2n) is 6.20. The van der Waals surface area contributed by atoms with Crippen molar-refractivity contribution in [3.8, 4) is 0 Å². The van der Waals surface area contributed by atoms with Gasteiger partial charge in [0, 0.05) is 24.0 Å². The Balaban J connectivity index is 1.76. The molecule has 0 amide bonds. The van der Waals surface area contributed by atoms with Crippen molar-refractivity contribution in [1.82, 2.24) is 9.97 Å². The predicted molar refractivity (Wildman–Crippen MR) is 104 cm³/mol. The van der Waals surface area contributed by atoms with Crippen LogP contribution >= 0.6 is 0 Å². The van der Waals surface area contributed by atoms with Crippen LogP contribution in [-0.4, -0.2) is 9.97 Å². The Bertz CT molecular complexity index is 858. The van der Waals surface area contributed by atoms with Gasteiger partial charge in [-0.15, -0.1) is 0 Å². The summed E-state index contributed by atoms with van der Waals surface area (Å²) in [6, 6.07) is 18.7. The Morgan fingerprint density at radius 1 is 0.920 bits per heavy atom. The zero-order chi connectivity index (χ0) is 17.6. The lowest BCUT2D eigenvalue weighted by molar-refractivity contribution is 1.05. The van der Waals surface area contributed by atoms with Crippen LogP contribution in [0.3, 0.4) is 0 Å². The lowest BCUT2D eigenvalue weighted by Gasteiger charge is -2.12. The minimum Gasteiger partial charge on any atom is -0.366 e. The molecule has 0 aliphatic heterocycles. The van der Waals surface area contributed by atoms with Crippen LogP contribution in [0.2, 0.25) is 0 Å². The second-order valence-corrected chi connectivity index (χ2v) is 6.20. The molecule has 3 rings (SSSR count). The Kier molecular flexibility index (Phi) is 5.29. The fourth-order valence-electron chi connectivity index (χ4n) is 2.80. The molecule has 0 aliphatic carbocycles. The lowest BCUT2D eigenvalue weighted by atomic mass is 10.1. The Labute approximate surface area is 149 Å². The topological polar surface area (TPSA) is 49.8 Å². The molecule has 3 aromatic rings. The van der Waals surface area contributed by atoms with Crippen LogP contribution < -0.4 is 10.6 Å². The van der Waals surface area contributed by atoms with E-state index in [9.17, 15) is 0 Å². The number of aromatic nitrogens is 2. The number of nitrogens with one attached hydrogen (secondary N) is 2. The van der Waals surface area contributed by atoms with E-state index in [2.05, 4.69) is 76.9 Å². The maximum absolute atomic E-state index is 4.61. The fourth-order valence-corrected chi connectivity index (χ4v) is 2.80. The molecule has 1 aromatic heterocycles. The molecule has 1 heterocycles. The van der Waals surface area contributed by atoms with Gasteiger partial charge in [0.25, 0.3) is 0 Å². The summed E-state index contributed by atoms with van der Waals surface area (Å²) in [5, 5.41) is 6.74. The molecule has 0 aliphatic rings. The van der Waals surface area contributed by atoms with E-state index in [4.69, 9.17) is 0 Å². The summed E-state index contributed by atoms with van der Waals surface area (Å²) >= 11 is 0. The van der Waals surface area contributed by atoms with E-state index in [1.807, 2.05) is 19.1 Å². The van der Waals surface area contributed by atoms with E-state index in [1.165, 1.54) is 16.7 Å². The number of benzene rings is 2. The lowest BCUT2D eigenvalue weighted by Crippen LogP contribution is -2.06. The maximum Gasteiger partial charge on any atom is 0.229 e. The van der Waals surface area contributed by atoms with Gasteiger partial charge in [0.2, 0.25) is 5.95 Å². The number of aryl methyl sites for hydroxylation is 3. The standard InChI is InChI=1S/C21H24N4/c1-4-18-10-5-6-11-19(18)24-21-23-16(3)13-20(25-21)22-14-17-9-7-8-15(2)12-17/h5-13H,4,14H2,1-3H3,(H2,22,23,24,25). The van der Waals surface area contributed by atoms with Gasteiger partial charge in [0.05, 0.1) is 0 Å². The van der Waals surface area contributed by atoms with Crippen molar-refractivity contribution < 1.29 is 0 Å². The number of hydrogen-bond acceptors (Lipinski definition) is 4. The third kappa shape index (κ3) is 4.57. The zero-order valence-corrected chi connectivity index (χ0v) is 15.0. The van der Waals surface area contributed by atoms with Crippen molar-refractivity contribution >= 4 is 17.5 Å². The highest BCUT2D eigenvalue weighted by atomic mass is 15.1. The van der Waals surface area contributed by atoms with Crippen molar-refractivity contribution in [2.45, 2.75) is 33.7 Å². The third-order valence-corrected chi connectivity index (χ3v) is 4.06. The maximum atomic E-state index is 4.61. The highest BCUT2D eigenvalue weighted by molar-refractivity contribution is 5.59. The summed E-state index contributed by atoms with van der Waals surface area (Å²) in [6.45, 7) is 6.97. The Morgan fingerprint density at radius 3 is 2.56 bits per heavy atom. The summed E-state index contributed by atoms with van der Waals surface area (Å²) in [4.78, 5) is 9.12. The molecular weight excluding hydrogens is 308 g/mol. The molecule has 2 aromatic carbocycles. The third-order valence-electron chi connectivity index (χ3n) is 4.06. The molecule has 0 saturated heterocycles. The number of anilines is 3. The van der Waals surface area contributed by atoms with E-state index in [0.717, 1.165) is 30.2 Å². The Morgan fingerprint density at radius 2 is 1.76 bits per heavy atom. The molecule has 2 N–H and O–H groups in total. The van der Waals surface area contributed by atoms with Crippen LogP contribution in [0.5, 0.6) is 0 Å². The van der Waals surface area contributed by atoms with Crippen molar-refractivity contribution in [2.24, 2.45) is 0 Å². The summed E-state index contributed by atoms with van der Waals surface area (Å²) in [5.41, 5.74) is 5.74. The van der Waals surface area contributed by atoms with Gasteiger partial charge in [0.1, 0.15) is 5.82 Å². The van der Waals surface area contributed by atoms with Gasteiger partial charge in [-0.25, -0.2) is 4.98 Å². The predicted octanol–water partition coefficient (Wildman–Crippen LogP) is 5.01. The molecule has 0 radical (unpaired) electrons. The minimum absolute atomic E-state index is 0.618. The number of rotatable bonds is 6. The smallest absolute Gasteiger partial charge is 0.229 e. The van der Waals surface area contributed by atoms with Crippen molar-refractivity contribution in [1.29, 1.82) is 0 Å². The molecule has 0 unspecified atom stereocenters. The molecule has 0 saturated carbocycles. The van der Waals surface area contributed by atoms with Crippen LogP contribution in [0.1, 0.15) is 29.3 Å². The van der Waals surface area contributed by atoms with E-state index < -0.39 is 0 Å². The largest absolute Gasteiger partial charge is 0.366 e. The first kappa shape index (κ1) is 17.0. The molecule has 25 heavy (non-hydrogen) atoms. The first-order chi connectivity index (χ1) is 12.1. The monoisotopic (exact) mass is 332 g/mol.